The maximum Gasteiger partial charge on any atom is 0.411 e. The highest BCUT2D eigenvalue weighted by atomic mass is 16.5. The van der Waals surface area contributed by atoms with Gasteiger partial charge in [-0.1, -0.05) is 18.2 Å². The van der Waals surface area contributed by atoms with Crippen molar-refractivity contribution in [3.63, 3.8) is 0 Å². The lowest BCUT2D eigenvalue weighted by Gasteiger charge is -2.06. The van der Waals surface area contributed by atoms with E-state index in [4.69, 9.17) is 9.47 Å². The van der Waals surface area contributed by atoms with Crippen LogP contribution >= 0.6 is 0 Å². The molecular weight excluding hydrogens is 194 g/mol. The van der Waals surface area contributed by atoms with E-state index in [-0.39, 0.29) is 0 Å². The highest BCUT2D eigenvalue weighted by Crippen LogP contribution is 2.05. The summed E-state index contributed by atoms with van der Waals surface area (Å²) >= 11 is 0. The predicted molar refractivity (Wildman–Crippen MR) is 57.9 cm³/mol. The molecule has 1 amide bonds. The fourth-order valence-electron chi connectivity index (χ4n) is 1.04. The Kier molecular flexibility index (Phi) is 5.25. The summed E-state index contributed by atoms with van der Waals surface area (Å²) < 4.78 is 9.75. The summed E-state index contributed by atoms with van der Waals surface area (Å²) in [4.78, 5) is 11.2. The number of benzene rings is 1. The minimum absolute atomic E-state index is 0.368. The zero-order valence-corrected chi connectivity index (χ0v) is 8.73. The Morgan fingerprint density at radius 1 is 1.27 bits per heavy atom. The van der Waals surface area contributed by atoms with Gasteiger partial charge in [-0.15, -0.1) is 0 Å². The molecule has 4 heteroatoms. The van der Waals surface area contributed by atoms with E-state index in [1.54, 1.807) is 19.2 Å². The zero-order valence-electron chi connectivity index (χ0n) is 8.73. The van der Waals surface area contributed by atoms with Crippen LogP contribution in [0.4, 0.5) is 10.5 Å². The van der Waals surface area contributed by atoms with Gasteiger partial charge in [-0.25, -0.2) is 4.79 Å². The molecular formula is C11H15NO3. The van der Waals surface area contributed by atoms with Crippen LogP contribution in [0.5, 0.6) is 0 Å². The van der Waals surface area contributed by atoms with Crippen LogP contribution in [-0.2, 0) is 9.47 Å². The van der Waals surface area contributed by atoms with Crippen LogP contribution in [0, 0.1) is 0 Å². The lowest BCUT2D eigenvalue weighted by Crippen LogP contribution is -2.14. The number of methoxy groups -OCH3 is 1. The van der Waals surface area contributed by atoms with Crippen molar-refractivity contribution in [3.05, 3.63) is 30.3 Å². The lowest BCUT2D eigenvalue weighted by molar-refractivity contribution is 0.134. The van der Waals surface area contributed by atoms with E-state index in [0.717, 1.165) is 5.69 Å². The van der Waals surface area contributed by atoms with Gasteiger partial charge in [-0.05, 0) is 12.1 Å². The Hall–Kier alpha value is -1.55. The summed E-state index contributed by atoms with van der Waals surface area (Å²) in [6, 6.07) is 9.18. The number of hydrogen-bond acceptors (Lipinski definition) is 3. The van der Waals surface area contributed by atoms with Gasteiger partial charge in [0.2, 0.25) is 0 Å². The summed E-state index contributed by atoms with van der Waals surface area (Å²) in [5.74, 6) is 0. The normalized spacial score (nSPS) is 9.67. The van der Waals surface area contributed by atoms with E-state index in [9.17, 15) is 4.79 Å². The Bertz CT molecular complexity index is 287. The molecule has 1 aromatic carbocycles. The quantitative estimate of drug-likeness (QED) is 0.757. The highest BCUT2D eigenvalue weighted by Gasteiger charge is 2.01. The summed E-state index contributed by atoms with van der Waals surface area (Å²) in [7, 11) is 1.62. The number of anilines is 1. The van der Waals surface area contributed by atoms with Crippen LogP contribution in [-0.4, -0.2) is 26.4 Å². The summed E-state index contributed by atoms with van der Waals surface area (Å²) in [6.45, 7) is 0.963. The fraction of sp³-hybridized carbons (Fsp3) is 0.364. The SMILES string of the molecule is COCCCOC(=O)Nc1ccccc1. The third-order valence-electron chi connectivity index (χ3n) is 1.75. The highest BCUT2D eigenvalue weighted by molar-refractivity contribution is 5.84. The van der Waals surface area contributed by atoms with Crippen molar-refractivity contribution < 1.29 is 14.3 Å². The first-order chi connectivity index (χ1) is 7.33. The monoisotopic (exact) mass is 209 g/mol. The van der Waals surface area contributed by atoms with Crippen LogP contribution < -0.4 is 5.32 Å². The van der Waals surface area contributed by atoms with Crippen LogP contribution in [0.2, 0.25) is 0 Å². The molecule has 0 unspecified atom stereocenters. The van der Waals surface area contributed by atoms with Crippen molar-refractivity contribution >= 4 is 11.8 Å². The van der Waals surface area contributed by atoms with Gasteiger partial charge in [0.15, 0.2) is 0 Å². The van der Waals surface area contributed by atoms with Gasteiger partial charge in [-0.3, -0.25) is 5.32 Å². The molecule has 4 nitrogen and oxygen atoms in total. The smallest absolute Gasteiger partial charge is 0.411 e. The van der Waals surface area contributed by atoms with Crippen molar-refractivity contribution in [2.24, 2.45) is 0 Å². The molecule has 0 radical (unpaired) electrons. The summed E-state index contributed by atoms with van der Waals surface area (Å²) in [5, 5.41) is 2.62. The van der Waals surface area contributed by atoms with Crippen LogP contribution in [0.25, 0.3) is 0 Å². The van der Waals surface area contributed by atoms with E-state index in [0.29, 0.717) is 19.6 Å². The van der Waals surface area contributed by atoms with Crippen LogP contribution in [0.1, 0.15) is 6.42 Å². The molecule has 1 N–H and O–H groups in total. The number of carbonyl (C=O) groups excluding carboxylic acids is 1. The first kappa shape index (κ1) is 11.5. The molecule has 0 heterocycles. The average Bonchev–Trinajstić information content (AvgIpc) is 2.26. The molecule has 0 spiro atoms. The van der Waals surface area contributed by atoms with Crippen molar-refractivity contribution in [1.82, 2.24) is 0 Å². The maximum absolute atomic E-state index is 11.2. The van der Waals surface area contributed by atoms with Gasteiger partial charge in [0.05, 0.1) is 6.61 Å². The van der Waals surface area contributed by atoms with Gasteiger partial charge in [0.25, 0.3) is 0 Å². The minimum atomic E-state index is -0.433. The molecule has 0 fully saturated rings. The van der Waals surface area contributed by atoms with Crippen LogP contribution in [0.3, 0.4) is 0 Å². The van der Waals surface area contributed by atoms with Gasteiger partial charge >= 0.3 is 6.09 Å². The molecule has 0 aliphatic heterocycles. The van der Waals surface area contributed by atoms with Gasteiger partial charge < -0.3 is 9.47 Å². The van der Waals surface area contributed by atoms with E-state index in [1.165, 1.54) is 0 Å². The van der Waals surface area contributed by atoms with Gasteiger partial charge in [0.1, 0.15) is 0 Å². The molecule has 1 aromatic rings. The molecule has 15 heavy (non-hydrogen) atoms. The number of carbonyl (C=O) groups is 1. The van der Waals surface area contributed by atoms with Crippen LogP contribution in [0.15, 0.2) is 30.3 Å². The summed E-state index contributed by atoms with van der Waals surface area (Å²) in [6.07, 6.45) is 0.274. The Morgan fingerprint density at radius 3 is 2.67 bits per heavy atom. The average molecular weight is 209 g/mol. The largest absolute Gasteiger partial charge is 0.449 e. The Labute approximate surface area is 89.2 Å². The van der Waals surface area contributed by atoms with E-state index < -0.39 is 6.09 Å². The van der Waals surface area contributed by atoms with Crippen molar-refractivity contribution in [2.45, 2.75) is 6.42 Å². The van der Waals surface area contributed by atoms with Crippen molar-refractivity contribution in [2.75, 3.05) is 25.6 Å². The fourth-order valence-corrected chi connectivity index (χ4v) is 1.04. The third-order valence-corrected chi connectivity index (χ3v) is 1.75. The molecule has 0 saturated carbocycles. The number of rotatable bonds is 5. The molecule has 0 aliphatic rings. The summed E-state index contributed by atoms with van der Waals surface area (Å²) in [5.41, 5.74) is 0.731. The predicted octanol–water partition coefficient (Wildman–Crippen LogP) is 2.27. The Morgan fingerprint density at radius 2 is 2.00 bits per heavy atom. The molecule has 0 aliphatic carbocycles. The van der Waals surface area contributed by atoms with Crippen molar-refractivity contribution in [3.8, 4) is 0 Å². The second-order valence-electron chi connectivity index (χ2n) is 2.97. The van der Waals surface area contributed by atoms with E-state index >= 15 is 0 Å². The third kappa shape index (κ3) is 5.02. The topological polar surface area (TPSA) is 47.6 Å². The molecule has 82 valence electrons. The number of ether oxygens (including phenoxy) is 2. The number of hydrogen-bond donors (Lipinski definition) is 1. The molecule has 1 rings (SSSR count). The number of para-hydroxylation sites is 1. The standard InChI is InChI=1S/C11H15NO3/c1-14-8-5-9-15-11(13)12-10-6-3-2-4-7-10/h2-4,6-7H,5,8-9H2,1H3,(H,12,13). The molecule has 0 bridgehead atoms. The number of amides is 1. The van der Waals surface area contributed by atoms with Gasteiger partial charge in [-0.2, -0.15) is 0 Å². The molecule has 0 atom stereocenters. The molecule has 0 aromatic heterocycles. The van der Waals surface area contributed by atoms with Gasteiger partial charge in [0, 0.05) is 25.8 Å². The van der Waals surface area contributed by atoms with Crippen molar-refractivity contribution in [1.29, 1.82) is 0 Å². The van der Waals surface area contributed by atoms with E-state index in [1.807, 2.05) is 18.2 Å². The lowest BCUT2D eigenvalue weighted by atomic mass is 10.3. The first-order valence-corrected chi connectivity index (χ1v) is 4.80. The number of nitrogens with one attached hydrogen (secondary N) is 1. The second kappa shape index (κ2) is 6.84. The van der Waals surface area contributed by atoms with E-state index in [2.05, 4.69) is 5.32 Å². The zero-order chi connectivity index (χ0) is 10.9. The molecule has 0 saturated heterocycles. The first-order valence-electron chi connectivity index (χ1n) is 4.80. The minimum Gasteiger partial charge on any atom is -0.449 e. The Balaban J connectivity index is 2.19. The maximum atomic E-state index is 11.2. The second-order valence-corrected chi connectivity index (χ2v) is 2.97.